The summed E-state index contributed by atoms with van der Waals surface area (Å²) in [4.78, 5) is 54.9. The van der Waals surface area contributed by atoms with Crippen molar-refractivity contribution in [2.24, 2.45) is 23.7 Å². The van der Waals surface area contributed by atoms with E-state index in [1.165, 1.54) is 37.3 Å². The van der Waals surface area contributed by atoms with Crippen LogP contribution in [-0.2, 0) is 9.59 Å². The van der Waals surface area contributed by atoms with Crippen LogP contribution in [0.15, 0.2) is 42.5 Å². The van der Waals surface area contributed by atoms with Gasteiger partial charge in [0.1, 0.15) is 6.04 Å². The summed E-state index contributed by atoms with van der Waals surface area (Å²) in [6.45, 7) is 1.50. The first-order chi connectivity index (χ1) is 17.0. The van der Waals surface area contributed by atoms with Crippen molar-refractivity contribution in [2.45, 2.75) is 29.0 Å². The van der Waals surface area contributed by atoms with Gasteiger partial charge in [0, 0.05) is 25.8 Å². The molecule has 2 aromatic carbocycles. The van der Waals surface area contributed by atoms with Gasteiger partial charge in [0.2, 0.25) is 0 Å². The number of ketones is 1. The lowest BCUT2D eigenvalue weighted by Gasteiger charge is -2.35. The minimum atomic E-state index is -1.17. The Bertz CT molecular complexity index is 1260. The fourth-order valence-corrected chi connectivity index (χ4v) is 8.01. The van der Waals surface area contributed by atoms with Crippen LogP contribution in [0, 0.1) is 23.7 Å². The van der Waals surface area contributed by atoms with Crippen LogP contribution in [0.3, 0.4) is 0 Å². The lowest BCUT2D eigenvalue weighted by molar-refractivity contribution is -0.157. The number of hydrogen-bond donors (Lipinski definition) is 0. The Morgan fingerprint density at radius 3 is 1.94 bits per heavy atom. The van der Waals surface area contributed by atoms with E-state index in [1.807, 2.05) is 0 Å². The maximum atomic E-state index is 13.8. The van der Waals surface area contributed by atoms with Crippen LogP contribution in [-0.4, -0.2) is 49.2 Å². The second-order valence-corrected chi connectivity index (χ2v) is 12.7. The molecule has 3 amide bonds. The average Bonchev–Trinajstić information content (AvgIpc) is 3.46. The topological polar surface area (TPSA) is 74.8 Å². The number of carbonyl (C=O) groups excluding carboxylic acids is 4. The Morgan fingerprint density at radius 2 is 1.42 bits per heavy atom. The lowest BCUT2D eigenvalue weighted by atomic mass is 9.81. The zero-order chi connectivity index (χ0) is 26.0. The van der Waals surface area contributed by atoms with Gasteiger partial charge in [-0.1, -0.05) is 66.7 Å². The lowest BCUT2D eigenvalue weighted by Crippen LogP contribution is -2.57. The van der Waals surface area contributed by atoms with Crippen LogP contribution >= 0.6 is 66.7 Å². The van der Waals surface area contributed by atoms with E-state index in [0.717, 1.165) is 16.4 Å². The van der Waals surface area contributed by atoms with E-state index >= 15 is 0 Å². The van der Waals surface area contributed by atoms with Gasteiger partial charge in [-0.15, -0.1) is 0 Å². The zero-order valence-electron chi connectivity index (χ0n) is 18.7. The van der Waals surface area contributed by atoms with E-state index in [1.54, 1.807) is 12.1 Å². The van der Waals surface area contributed by atoms with Gasteiger partial charge in [0.05, 0.1) is 21.9 Å². The molecule has 0 N–H and O–H groups in total. The molecule has 0 spiro atoms. The molecular weight excluding hydrogens is 658 g/mol. The molecule has 5 rings (SSSR count). The summed E-state index contributed by atoms with van der Waals surface area (Å²) >= 11 is 25.5. The minimum absolute atomic E-state index is 0.0350. The molecule has 0 aromatic heterocycles. The van der Waals surface area contributed by atoms with E-state index < -0.39 is 41.4 Å². The molecule has 3 fully saturated rings. The summed E-state index contributed by atoms with van der Waals surface area (Å²) in [7, 11) is 0. The Labute approximate surface area is 239 Å². The number of hydrogen-bond acceptors (Lipinski definition) is 4. The smallest absolute Gasteiger partial charge is 0.273 e. The molecule has 188 valence electrons. The Hall–Kier alpha value is -1.45. The number of halogens is 5. The fraction of sp³-hybridized carbons (Fsp3) is 0.360. The summed E-state index contributed by atoms with van der Waals surface area (Å²) in [6, 6.07) is 9.29. The Morgan fingerprint density at radius 1 is 0.889 bits per heavy atom. The van der Waals surface area contributed by atoms with Gasteiger partial charge in [-0.25, -0.2) is 5.01 Å². The largest absolute Gasteiger partial charge is 0.292 e. The van der Waals surface area contributed by atoms with Crippen molar-refractivity contribution in [2.75, 3.05) is 0 Å². The zero-order valence-corrected chi connectivity index (χ0v) is 24.1. The summed E-state index contributed by atoms with van der Waals surface area (Å²) in [5, 5.41) is 2.70. The van der Waals surface area contributed by atoms with Crippen molar-refractivity contribution in [1.29, 1.82) is 0 Å². The van der Waals surface area contributed by atoms with Crippen molar-refractivity contribution in [3.8, 4) is 0 Å². The first-order valence-corrected chi connectivity index (χ1v) is 14.2. The fourth-order valence-electron chi connectivity index (χ4n) is 5.71. The highest BCUT2D eigenvalue weighted by molar-refractivity contribution is 9.12. The first-order valence-electron chi connectivity index (χ1n) is 11.3. The molecule has 1 aliphatic heterocycles. The van der Waals surface area contributed by atoms with Crippen LogP contribution in [0.1, 0.15) is 34.1 Å². The Balaban J connectivity index is 1.56. The molecule has 0 radical (unpaired) electrons. The summed E-state index contributed by atoms with van der Waals surface area (Å²) in [6.07, 6.45) is 0.743. The van der Waals surface area contributed by atoms with Gasteiger partial charge in [0.15, 0.2) is 5.78 Å². The van der Waals surface area contributed by atoms with Crippen molar-refractivity contribution in [3.63, 3.8) is 0 Å². The van der Waals surface area contributed by atoms with Crippen molar-refractivity contribution >= 4 is 90.2 Å². The van der Waals surface area contributed by atoms with Crippen LogP contribution in [0.4, 0.5) is 0 Å². The van der Waals surface area contributed by atoms with Crippen LogP contribution in [0.5, 0.6) is 0 Å². The summed E-state index contributed by atoms with van der Waals surface area (Å²) in [5.41, 5.74) is 0.386. The highest BCUT2D eigenvalue weighted by Gasteiger charge is 2.68. The number of rotatable bonds is 5. The maximum absolute atomic E-state index is 13.8. The van der Waals surface area contributed by atoms with Crippen molar-refractivity contribution in [1.82, 2.24) is 10.0 Å². The molecular formula is C25H19Br2Cl3N2O4. The number of hydrazine groups is 1. The number of benzene rings is 2. The molecule has 11 heteroatoms. The third-order valence-corrected chi connectivity index (χ3v) is 11.6. The number of fused-ring (bicyclic) bond motifs is 5. The second kappa shape index (κ2) is 9.70. The predicted molar refractivity (Wildman–Crippen MR) is 144 cm³/mol. The van der Waals surface area contributed by atoms with E-state index in [9.17, 15) is 19.2 Å². The quantitative estimate of drug-likeness (QED) is 0.220. The van der Waals surface area contributed by atoms with Gasteiger partial charge in [-0.2, -0.15) is 5.01 Å². The molecule has 36 heavy (non-hydrogen) atoms. The molecule has 6 nitrogen and oxygen atoms in total. The molecule has 2 saturated carbocycles. The summed E-state index contributed by atoms with van der Waals surface area (Å²) < 4.78 is 0. The van der Waals surface area contributed by atoms with Gasteiger partial charge < -0.3 is 0 Å². The molecule has 7 atom stereocenters. The van der Waals surface area contributed by atoms with Crippen LogP contribution in [0.25, 0.3) is 0 Å². The van der Waals surface area contributed by atoms with Crippen LogP contribution < -0.4 is 0 Å². The minimum Gasteiger partial charge on any atom is -0.292 e. The number of carbonyl (C=O) groups is 4. The number of amides is 3. The number of nitrogens with zero attached hydrogens (tertiary/aromatic N) is 2. The average molecular weight is 678 g/mol. The first kappa shape index (κ1) is 26.2. The molecule has 2 bridgehead atoms. The van der Waals surface area contributed by atoms with E-state index in [-0.39, 0.29) is 37.1 Å². The second-order valence-electron chi connectivity index (χ2n) is 9.32. The number of alkyl halides is 2. The molecule has 3 aliphatic rings. The van der Waals surface area contributed by atoms with Crippen molar-refractivity contribution < 1.29 is 19.2 Å². The maximum Gasteiger partial charge on any atom is 0.273 e. The van der Waals surface area contributed by atoms with Gasteiger partial charge in [-0.3, -0.25) is 19.2 Å². The van der Waals surface area contributed by atoms with Crippen LogP contribution in [0.2, 0.25) is 15.1 Å². The standard InChI is InChI=1S/C25H19Br2Cl3N2O4/c1-10(22(33)11-2-5-13(28)6-3-11)31(23(34)12-4-7-16(29)17(30)8-12)32-24(35)18-14-9-15(19(18)25(32)36)21(27)20(14)26/h2-8,10,14-15,18-21H,9H2,1H3/t10-,14-,15-,18-,19-,20+,21+/m1/s1. The molecule has 2 aliphatic carbocycles. The van der Waals surface area contributed by atoms with E-state index in [4.69, 9.17) is 34.8 Å². The predicted octanol–water partition coefficient (Wildman–Crippen LogP) is 6.05. The number of Topliss-reactive ketones (excluding diaryl/α,β-unsaturated/α-hetero) is 1. The van der Waals surface area contributed by atoms with Gasteiger partial charge in [0.25, 0.3) is 17.7 Å². The van der Waals surface area contributed by atoms with E-state index in [0.29, 0.717) is 10.6 Å². The highest BCUT2D eigenvalue weighted by atomic mass is 79.9. The monoisotopic (exact) mass is 674 g/mol. The Kier molecular flexibility index (Phi) is 7.05. The molecule has 1 saturated heterocycles. The molecule has 2 aromatic rings. The third kappa shape index (κ3) is 4.04. The van der Waals surface area contributed by atoms with Gasteiger partial charge in [-0.05, 0) is 67.6 Å². The third-order valence-electron chi connectivity index (χ3n) is 7.43. The SMILES string of the molecule is C[C@H](C(=O)c1ccc(Cl)cc1)N(C(=O)c1ccc(Cl)c(Cl)c1)N1C(=O)[C@@H]2[C@H]3C[C@@H]([C@H](Br)[C@H]3Br)[C@H]2C1=O. The van der Waals surface area contributed by atoms with Gasteiger partial charge >= 0.3 is 0 Å². The highest BCUT2D eigenvalue weighted by Crippen LogP contribution is 2.60. The summed E-state index contributed by atoms with van der Waals surface area (Å²) in [5.74, 6) is -3.29. The van der Waals surface area contributed by atoms with E-state index in [2.05, 4.69) is 31.9 Å². The number of imide groups is 1. The van der Waals surface area contributed by atoms with Crippen molar-refractivity contribution in [3.05, 3.63) is 68.7 Å². The normalized spacial score (nSPS) is 29.4. The molecule has 1 heterocycles. The molecule has 0 unspecified atom stereocenters.